The molecule has 6 heteroatoms. The monoisotopic (exact) mass is 209 g/mol. The van der Waals surface area contributed by atoms with Gasteiger partial charge >= 0.3 is 0 Å². The Balaban J connectivity index is 2.45. The SMILES string of the molecule is COc1cnc(-c2nnc(C)o2)c(F)c1. The summed E-state index contributed by atoms with van der Waals surface area (Å²) in [6.07, 6.45) is 1.39. The molecule has 0 amide bonds. The Labute approximate surface area is 84.9 Å². The third kappa shape index (κ3) is 1.78. The van der Waals surface area contributed by atoms with Crippen molar-refractivity contribution in [3.8, 4) is 17.3 Å². The molecule has 0 radical (unpaired) electrons. The minimum atomic E-state index is -0.557. The second-order valence-electron chi connectivity index (χ2n) is 2.83. The van der Waals surface area contributed by atoms with E-state index in [1.165, 1.54) is 19.4 Å². The van der Waals surface area contributed by atoms with Crippen LogP contribution in [0, 0.1) is 12.7 Å². The van der Waals surface area contributed by atoms with Gasteiger partial charge in [0, 0.05) is 13.0 Å². The average molecular weight is 209 g/mol. The summed E-state index contributed by atoms with van der Waals surface area (Å²) in [5.74, 6) is 0.208. The first-order valence-electron chi connectivity index (χ1n) is 4.20. The molecule has 0 aliphatic heterocycles. The van der Waals surface area contributed by atoms with Gasteiger partial charge in [-0.1, -0.05) is 0 Å². The van der Waals surface area contributed by atoms with Gasteiger partial charge in [-0.2, -0.15) is 0 Å². The van der Waals surface area contributed by atoms with Gasteiger partial charge in [0.2, 0.25) is 5.89 Å². The molecule has 0 aliphatic carbocycles. The van der Waals surface area contributed by atoms with Crippen LogP contribution in [0.3, 0.4) is 0 Å². The van der Waals surface area contributed by atoms with E-state index in [1.54, 1.807) is 6.92 Å². The van der Waals surface area contributed by atoms with Gasteiger partial charge in [0.05, 0.1) is 13.3 Å². The smallest absolute Gasteiger partial charge is 0.269 e. The van der Waals surface area contributed by atoms with Gasteiger partial charge in [-0.05, 0) is 0 Å². The van der Waals surface area contributed by atoms with Crippen molar-refractivity contribution < 1.29 is 13.5 Å². The van der Waals surface area contributed by atoms with Gasteiger partial charge in [-0.25, -0.2) is 9.37 Å². The van der Waals surface area contributed by atoms with E-state index in [-0.39, 0.29) is 11.6 Å². The first-order valence-corrected chi connectivity index (χ1v) is 4.20. The summed E-state index contributed by atoms with van der Waals surface area (Å²) in [6.45, 7) is 1.62. The van der Waals surface area contributed by atoms with Crippen molar-refractivity contribution in [2.75, 3.05) is 7.11 Å². The lowest BCUT2D eigenvalue weighted by Crippen LogP contribution is -1.92. The average Bonchev–Trinajstić information content (AvgIpc) is 2.64. The number of aryl methyl sites for hydroxylation is 1. The molecule has 5 nitrogen and oxygen atoms in total. The maximum absolute atomic E-state index is 13.5. The van der Waals surface area contributed by atoms with Crippen molar-refractivity contribution in [1.29, 1.82) is 0 Å². The fraction of sp³-hybridized carbons (Fsp3) is 0.222. The maximum Gasteiger partial charge on any atom is 0.269 e. The van der Waals surface area contributed by atoms with Crippen LogP contribution in [-0.4, -0.2) is 22.3 Å². The third-order valence-corrected chi connectivity index (χ3v) is 1.78. The van der Waals surface area contributed by atoms with E-state index in [0.29, 0.717) is 11.6 Å². The van der Waals surface area contributed by atoms with Crippen LogP contribution in [0.1, 0.15) is 5.89 Å². The summed E-state index contributed by atoms with van der Waals surface area (Å²) in [4.78, 5) is 3.84. The van der Waals surface area contributed by atoms with E-state index in [4.69, 9.17) is 9.15 Å². The zero-order chi connectivity index (χ0) is 10.8. The highest BCUT2D eigenvalue weighted by Crippen LogP contribution is 2.21. The highest BCUT2D eigenvalue weighted by molar-refractivity contribution is 5.48. The number of aromatic nitrogens is 3. The molecule has 0 aromatic carbocycles. The van der Waals surface area contributed by atoms with Crippen molar-refractivity contribution in [1.82, 2.24) is 15.2 Å². The van der Waals surface area contributed by atoms with Gasteiger partial charge in [0.25, 0.3) is 5.89 Å². The number of ether oxygens (including phenoxy) is 1. The minimum Gasteiger partial charge on any atom is -0.495 e. The lowest BCUT2D eigenvalue weighted by molar-refractivity contribution is 0.408. The molecule has 0 unspecified atom stereocenters. The maximum atomic E-state index is 13.5. The number of pyridine rings is 1. The minimum absolute atomic E-state index is 0.0244. The normalized spacial score (nSPS) is 10.3. The number of rotatable bonds is 2. The predicted octanol–water partition coefficient (Wildman–Crippen LogP) is 1.59. The quantitative estimate of drug-likeness (QED) is 0.751. The molecule has 15 heavy (non-hydrogen) atoms. The highest BCUT2D eigenvalue weighted by Gasteiger charge is 2.13. The second-order valence-corrected chi connectivity index (χ2v) is 2.83. The molecule has 78 valence electrons. The Hall–Kier alpha value is -1.98. The topological polar surface area (TPSA) is 61.0 Å². The van der Waals surface area contributed by atoms with Crippen LogP contribution < -0.4 is 4.74 Å². The third-order valence-electron chi connectivity index (χ3n) is 1.78. The Morgan fingerprint density at radius 1 is 1.40 bits per heavy atom. The van der Waals surface area contributed by atoms with E-state index >= 15 is 0 Å². The Morgan fingerprint density at radius 3 is 2.73 bits per heavy atom. The summed E-state index contributed by atoms with van der Waals surface area (Å²) < 4.78 is 23.3. The standard InChI is InChI=1S/C9H8FN3O2/c1-5-12-13-9(15-5)8-7(10)3-6(14-2)4-11-8/h3-4H,1-2H3. The molecule has 0 saturated heterocycles. The first-order chi connectivity index (χ1) is 7.20. The summed E-state index contributed by atoms with van der Waals surface area (Å²) in [6, 6.07) is 1.21. The number of nitrogens with zero attached hydrogens (tertiary/aromatic N) is 3. The van der Waals surface area contributed by atoms with E-state index in [2.05, 4.69) is 15.2 Å². The molecule has 2 aromatic rings. The molecule has 0 saturated carbocycles. The molecule has 0 atom stereocenters. The van der Waals surface area contributed by atoms with Crippen molar-refractivity contribution in [3.05, 3.63) is 24.0 Å². The van der Waals surface area contributed by atoms with Gasteiger partial charge in [-0.3, -0.25) is 0 Å². The van der Waals surface area contributed by atoms with Crippen LogP contribution in [0.2, 0.25) is 0 Å². The lowest BCUT2D eigenvalue weighted by atomic mass is 10.3. The highest BCUT2D eigenvalue weighted by atomic mass is 19.1. The summed E-state index contributed by atoms with van der Waals surface area (Å²) in [5.41, 5.74) is 0.0244. The van der Waals surface area contributed by atoms with Crippen LogP contribution in [-0.2, 0) is 0 Å². The largest absolute Gasteiger partial charge is 0.495 e. The van der Waals surface area contributed by atoms with Gasteiger partial charge in [0.1, 0.15) is 5.75 Å². The summed E-state index contributed by atoms with van der Waals surface area (Å²) in [5, 5.41) is 7.26. The van der Waals surface area contributed by atoms with Crippen LogP contribution >= 0.6 is 0 Å². The number of hydrogen-bond donors (Lipinski definition) is 0. The van der Waals surface area contributed by atoms with E-state index in [0.717, 1.165) is 0 Å². The van der Waals surface area contributed by atoms with Crippen LogP contribution in [0.25, 0.3) is 11.6 Å². The molecule has 0 spiro atoms. The van der Waals surface area contributed by atoms with Crippen LogP contribution in [0.5, 0.6) is 5.75 Å². The molecular formula is C9H8FN3O2. The van der Waals surface area contributed by atoms with Crippen molar-refractivity contribution in [3.63, 3.8) is 0 Å². The molecule has 2 heterocycles. The molecule has 0 bridgehead atoms. The van der Waals surface area contributed by atoms with Crippen molar-refractivity contribution in [2.24, 2.45) is 0 Å². The number of halogens is 1. The van der Waals surface area contributed by atoms with Gasteiger partial charge in [-0.15, -0.1) is 10.2 Å². The summed E-state index contributed by atoms with van der Waals surface area (Å²) >= 11 is 0. The second kappa shape index (κ2) is 3.64. The fourth-order valence-electron chi connectivity index (χ4n) is 1.08. The Bertz CT molecular complexity index is 484. The number of methoxy groups -OCH3 is 1. The van der Waals surface area contributed by atoms with Crippen LogP contribution in [0.15, 0.2) is 16.7 Å². The molecule has 0 aliphatic rings. The van der Waals surface area contributed by atoms with E-state index in [9.17, 15) is 4.39 Å². The molecule has 0 N–H and O–H groups in total. The Kier molecular flexibility index (Phi) is 2.32. The Morgan fingerprint density at radius 2 is 2.20 bits per heavy atom. The molecule has 2 rings (SSSR count). The van der Waals surface area contributed by atoms with Crippen LogP contribution in [0.4, 0.5) is 4.39 Å². The predicted molar refractivity (Wildman–Crippen MR) is 48.8 cm³/mol. The summed E-state index contributed by atoms with van der Waals surface area (Å²) in [7, 11) is 1.44. The fourth-order valence-corrected chi connectivity index (χ4v) is 1.08. The molecule has 2 aromatic heterocycles. The zero-order valence-electron chi connectivity index (χ0n) is 8.19. The van der Waals surface area contributed by atoms with E-state index in [1.807, 2.05) is 0 Å². The molecule has 0 fully saturated rings. The van der Waals surface area contributed by atoms with Crippen molar-refractivity contribution in [2.45, 2.75) is 6.92 Å². The molecular weight excluding hydrogens is 201 g/mol. The van der Waals surface area contributed by atoms with E-state index < -0.39 is 5.82 Å². The number of hydrogen-bond acceptors (Lipinski definition) is 5. The zero-order valence-corrected chi connectivity index (χ0v) is 8.19. The first kappa shape index (κ1) is 9.57. The van der Waals surface area contributed by atoms with Gasteiger partial charge in [0.15, 0.2) is 11.5 Å². The van der Waals surface area contributed by atoms with Gasteiger partial charge < -0.3 is 9.15 Å². The lowest BCUT2D eigenvalue weighted by Gasteiger charge is -2.00. The van der Waals surface area contributed by atoms with Crippen molar-refractivity contribution >= 4 is 0 Å².